The third kappa shape index (κ3) is 9.07. The van der Waals surface area contributed by atoms with Gasteiger partial charge in [0.25, 0.3) is 0 Å². The fourth-order valence-electron chi connectivity index (χ4n) is 6.83. The Hall–Kier alpha value is -5.22. The summed E-state index contributed by atoms with van der Waals surface area (Å²) in [5, 5.41) is 1.53. The number of hydrogen-bond donors (Lipinski definition) is 0. The summed E-state index contributed by atoms with van der Waals surface area (Å²) in [7, 11) is 0. The maximum absolute atomic E-state index is 8.07. The summed E-state index contributed by atoms with van der Waals surface area (Å²) < 4.78 is 54.3. The molecule has 0 amide bonds. The minimum atomic E-state index is -2.36. The van der Waals surface area contributed by atoms with Crippen LogP contribution in [0.3, 0.4) is 0 Å². The van der Waals surface area contributed by atoms with Crippen molar-refractivity contribution in [3.63, 3.8) is 0 Å². The van der Waals surface area contributed by atoms with Gasteiger partial charge in [0.15, 0.2) is 0 Å². The van der Waals surface area contributed by atoms with E-state index in [0.29, 0.717) is 33.4 Å². The van der Waals surface area contributed by atoms with Crippen molar-refractivity contribution in [2.75, 3.05) is 0 Å². The summed E-state index contributed by atoms with van der Waals surface area (Å²) >= 11 is 0. The number of hydrogen-bond acceptors (Lipinski definition) is 4. The van der Waals surface area contributed by atoms with Crippen LogP contribution in [0.25, 0.3) is 66.8 Å². The van der Waals surface area contributed by atoms with Crippen LogP contribution < -0.4 is 0 Å². The number of aromatic nitrogens is 3. The molecule has 0 fully saturated rings. The van der Waals surface area contributed by atoms with Crippen molar-refractivity contribution in [2.45, 2.75) is 92.3 Å². The molecule has 0 bridgehead atoms. The van der Waals surface area contributed by atoms with Gasteiger partial charge in [-0.05, 0) is 74.9 Å². The van der Waals surface area contributed by atoms with Crippen molar-refractivity contribution in [1.29, 1.82) is 0 Å². The van der Waals surface area contributed by atoms with E-state index < -0.39 is 13.7 Å². The Bertz CT molecular complexity index is 2920. The van der Waals surface area contributed by atoms with E-state index in [1.807, 2.05) is 79.0 Å². The summed E-state index contributed by atoms with van der Waals surface area (Å²) in [5.74, 6) is 0. The standard InChI is InChI=1S/C31H31N2O.C22H22N.Ir/c1-19-17-25-23-9-8-10-24(26-18-22(15-16-32-26)31(5,6)7)28(23)34-29(25)27(33-19)20-11-13-21(14-12-20)30(2,3)4;1-16-10-11-18(14-20(16)17-8-6-5-7-9-17)21-15-19(12-13-23-21)22(2,3)4;/h8-9,11-18H,1-7H3;5-10,12-15H,1-4H3;/q2*-1;/i2*1D3;. The molecule has 0 unspecified atom stereocenters. The van der Waals surface area contributed by atoms with Gasteiger partial charge in [-0.25, -0.2) is 4.98 Å². The molecule has 58 heavy (non-hydrogen) atoms. The van der Waals surface area contributed by atoms with E-state index >= 15 is 0 Å². The van der Waals surface area contributed by atoms with Crippen LogP contribution in [0.1, 0.15) is 98.5 Å². The largest absolute Gasteiger partial charge is 0.498 e. The van der Waals surface area contributed by atoms with Gasteiger partial charge in [-0.3, -0.25) is 0 Å². The molecule has 0 aliphatic heterocycles. The predicted octanol–water partition coefficient (Wildman–Crippen LogP) is 14.2. The topological polar surface area (TPSA) is 51.8 Å². The fourth-order valence-corrected chi connectivity index (χ4v) is 6.83. The first-order valence-electron chi connectivity index (χ1n) is 22.3. The van der Waals surface area contributed by atoms with Gasteiger partial charge in [0.2, 0.25) is 0 Å². The molecule has 0 saturated carbocycles. The smallest absolute Gasteiger partial charge is 0.147 e. The Kier molecular flexibility index (Phi) is 9.93. The van der Waals surface area contributed by atoms with Gasteiger partial charge >= 0.3 is 0 Å². The molecule has 8 aromatic rings. The Morgan fingerprint density at radius 1 is 0.586 bits per heavy atom. The van der Waals surface area contributed by atoms with Crippen LogP contribution in [0, 0.1) is 25.8 Å². The van der Waals surface area contributed by atoms with Crippen LogP contribution >= 0.6 is 0 Å². The number of furan rings is 1. The molecule has 0 aliphatic rings. The summed E-state index contributed by atoms with van der Waals surface area (Å²) in [6, 6.07) is 41.1. The van der Waals surface area contributed by atoms with Gasteiger partial charge in [-0.15, -0.1) is 47.5 Å². The molecular formula is C53H53IrN3O-2. The number of aryl methyl sites for hydroxylation is 2. The molecule has 4 heterocycles. The molecular weight excluding hydrogens is 887 g/mol. The molecule has 5 heteroatoms. The number of benzene rings is 4. The maximum atomic E-state index is 8.07. The normalized spacial score (nSPS) is 13.9. The van der Waals surface area contributed by atoms with E-state index in [9.17, 15) is 0 Å². The number of fused-ring (bicyclic) bond motifs is 3. The molecule has 0 aliphatic carbocycles. The zero-order chi connectivity index (χ0) is 45.7. The minimum absolute atomic E-state index is 0. The molecule has 0 spiro atoms. The van der Waals surface area contributed by atoms with Crippen LogP contribution in [0.2, 0.25) is 0 Å². The van der Waals surface area contributed by atoms with Gasteiger partial charge in [0.1, 0.15) is 11.3 Å². The SMILES string of the molecule is [2H]C([2H])([2H])c1c[c-]c(-c2cc(C(C)(C)C)ccn2)cc1-c1ccccc1.[2H]C([2H])([2H])c1cc2c(oc3c(-c4cc(C(C)(C)C)ccn4)[c-]ccc32)c(-c2ccc(C(C)(C)C)cc2)n1.[Ir]. The van der Waals surface area contributed by atoms with Crippen molar-refractivity contribution in [3.05, 3.63) is 162 Å². The fraction of sp³-hybridized carbons (Fsp3) is 0.264. The third-order valence-corrected chi connectivity index (χ3v) is 10.3. The first-order chi connectivity index (χ1) is 29.4. The Morgan fingerprint density at radius 2 is 1.22 bits per heavy atom. The molecule has 8 rings (SSSR count). The van der Waals surface area contributed by atoms with E-state index in [-0.39, 0.29) is 42.0 Å². The Morgan fingerprint density at radius 3 is 1.84 bits per heavy atom. The monoisotopic (exact) mass is 946 g/mol. The molecule has 297 valence electrons. The van der Waals surface area contributed by atoms with Crippen LogP contribution in [-0.4, -0.2) is 15.0 Å². The van der Waals surface area contributed by atoms with Crippen molar-refractivity contribution in [3.8, 4) is 44.9 Å². The van der Waals surface area contributed by atoms with Gasteiger partial charge in [0, 0.05) is 57.4 Å². The maximum Gasteiger partial charge on any atom is 0.147 e. The van der Waals surface area contributed by atoms with Gasteiger partial charge < -0.3 is 14.4 Å². The summed E-state index contributed by atoms with van der Waals surface area (Å²) in [6.07, 6.45) is 3.60. The van der Waals surface area contributed by atoms with Crippen molar-refractivity contribution >= 4 is 21.9 Å². The molecule has 0 N–H and O–H groups in total. The second-order valence-corrected chi connectivity index (χ2v) is 17.7. The quantitative estimate of drug-likeness (QED) is 0.165. The van der Waals surface area contributed by atoms with Crippen molar-refractivity contribution in [1.82, 2.24) is 15.0 Å². The molecule has 4 nitrogen and oxygen atoms in total. The van der Waals surface area contributed by atoms with E-state index in [0.717, 1.165) is 44.6 Å². The van der Waals surface area contributed by atoms with E-state index in [2.05, 4.69) is 114 Å². The zero-order valence-electron chi connectivity index (χ0n) is 40.6. The average molecular weight is 946 g/mol. The summed E-state index contributed by atoms with van der Waals surface area (Å²) in [5.41, 5.74) is 11.0. The zero-order valence-corrected chi connectivity index (χ0v) is 37.0. The Labute approximate surface area is 367 Å². The van der Waals surface area contributed by atoms with Crippen LogP contribution in [-0.2, 0) is 36.4 Å². The minimum Gasteiger partial charge on any atom is -0.498 e. The number of rotatable bonds is 4. The second-order valence-electron chi connectivity index (χ2n) is 17.7. The Balaban J connectivity index is 0.000000222. The summed E-state index contributed by atoms with van der Waals surface area (Å²) in [4.78, 5) is 13.7. The first kappa shape index (κ1) is 34.8. The van der Waals surface area contributed by atoms with Gasteiger partial charge in [-0.1, -0.05) is 152 Å². The molecule has 4 aromatic heterocycles. The van der Waals surface area contributed by atoms with Crippen LogP contribution in [0.4, 0.5) is 0 Å². The number of pyridine rings is 3. The van der Waals surface area contributed by atoms with E-state index in [4.69, 9.17) is 12.6 Å². The molecule has 4 aromatic carbocycles. The predicted molar refractivity (Wildman–Crippen MR) is 239 cm³/mol. The van der Waals surface area contributed by atoms with Gasteiger partial charge in [-0.2, -0.15) is 0 Å². The van der Waals surface area contributed by atoms with Crippen molar-refractivity contribution < 1.29 is 32.7 Å². The second kappa shape index (κ2) is 16.6. The van der Waals surface area contributed by atoms with Crippen molar-refractivity contribution in [2.24, 2.45) is 0 Å². The molecule has 0 atom stereocenters. The number of nitrogens with zero attached hydrogens (tertiary/aromatic N) is 3. The van der Waals surface area contributed by atoms with Gasteiger partial charge in [0.05, 0.1) is 5.58 Å². The average Bonchev–Trinajstić information content (AvgIpc) is 3.61. The van der Waals surface area contributed by atoms with Crippen LogP contribution in [0.5, 0.6) is 0 Å². The van der Waals surface area contributed by atoms with Crippen LogP contribution in [0.15, 0.2) is 126 Å². The summed E-state index contributed by atoms with van der Waals surface area (Å²) in [6.45, 7) is 14.9. The first-order valence-corrected chi connectivity index (χ1v) is 19.3. The van der Waals surface area contributed by atoms with E-state index in [1.54, 1.807) is 18.3 Å². The van der Waals surface area contributed by atoms with E-state index in [1.165, 1.54) is 11.1 Å². The molecule has 0 saturated heterocycles. The molecule has 1 radical (unpaired) electrons. The third-order valence-electron chi connectivity index (χ3n) is 10.3.